The number of halogens is 3. The monoisotopic (exact) mass is 350 g/mol. The molecule has 0 radical (unpaired) electrons. The summed E-state index contributed by atoms with van der Waals surface area (Å²) in [7, 11) is 0. The van der Waals surface area contributed by atoms with Gasteiger partial charge in [-0.2, -0.15) is 0 Å². The molecule has 21 heavy (non-hydrogen) atoms. The van der Waals surface area contributed by atoms with E-state index in [0.717, 1.165) is 6.42 Å². The molecule has 1 saturated carbocycles. The first-order valence-electron chi connectivity index (χ1n) is 6.27. The molecule has 1 aliphatic rings. The van der Waals surface area contributed by atoms with E-state index in [9.17, 15) is 9.59 Å². The van der Waals surface area contributed by atoms with Gasteiger partial charge < -0.3 is 10.4 Å². The van der Waals surface area contributed by atoms with Crippen LogP contribution in [0.4, 0.5) is 5.69 Å². The molecule has 0 saturated heterocycles. The van der Waals surface area contributed by atoms with E-state index in [0.29, 0.717) is 17.9 Å². The Bertz CT molecular complexity index is 565. The smallest absolute Gasteiger partial charge is 0.323 e. The predicted octanol–water partition coefficient (Wildman–Crippen LogP) is 3.18. The Morgan fingerprint density at radius 2 is 1.76 bits per heavy atom. The van der Waals surface area contributed by atoms with Crippen LogP contribution in [-0.2, 0) is 9.59 Å². The van der Waals surface area contributed by atoms with E-state index >= 15 is 0 Å². The Labute approximate surface area is 136 Å². The predicted molar refractivity (Wildman–Crippen MR) is 82.3 cm³/mol. The van der Waals surface area contributed by atoms with Crippen LogP contribution in [0.5, 0.6) is 0 Å². The number of rotatable bonds is 5. The highest BCUT2D eigenvalue weighted by Crippen LogP contribution is 2.34. The highest BCUT2D eigenvalue weighted by atomic mass is 35.5. The van der Waals surface area contributed by atoms with Gasteiger partial charge >= 0.3 is 5.97 Å². The van der Waals surface area contributed by atoms with Gasteiger partial charge in [-0.1, -0.05) is 34.8 Å². The molecule has 0 heterocycles. The molecule has 1 amide bonds. The van der Waals surface area contributed by atoms with Crippen molar-refractivity contribution in [2.45, 2.75) is 24.8 Å². The maximum Gasteiger partial charge on any atom is 0.323 e. The Balaban J connectivity index is 1.98. The Hall–Kier alpha value is -1.01. The fourth-order valence-corrected chi connectivity index (χ4v) is 3.00. The quantitative estimate of drug-likeness (QED) is 0.761. The van der Waals surface area contributed by atoms with Crippen LogP contribution in [0.15, 0.2) is 12.1 Å². The minimum absolute atomic E-state index is 0.137. The van der Waals surface area contributed by atoms with Gasteiger partial charge in [0.15, 0.2) is 0 Å². The Morgan fingerprint density at radius 3 is 2.19 bits per heavy atom. The molecule has 1 fully saturated rings. The maximum atomic E-state index is 11.9. The largest absolute Gasteiger partial charge is 0.480 e. The van der Waals surface area contributed by atoms with Crippen LogP contribution in [-0.4, -0.2) is 29.1 Å². The zero-order valence-electron chi connectivity index (χ0n) is 10.9. The number of carbonyl (C=O) groups excluding carboxylic acids is 1. The third-order valence-corrected chi connectivity index (χ3v) is 4.29. The molecule has 0 bridgehead atoms. The van der Waals surface area contributed by atoms with Gasteiger partial charge in [0.1, 0.15) is 5.54 Å². The molecule has 3 N–H and O–H groups in total. The first-order valence-corrected chi connectivity index (χ1v) is 7.40. The van der Waals surface area contributed by atoms with Crippen LogP contribution >= 0.6 is 34.8 Å². The summed E-state index contributed by atoms with van der Waals surface area (Å²) < 4.78 is 0. The third-order valence-electron chi connectivity index (χ3n) is 3.48. The number of carbonyl (C=O) groups is 2. The normalized spacial score (nSPS) is 16.1. The number of benzene rings is 1. The molecule has 0 unspecified atom stereocenters. The zero-order valence-corrected chi connectivity index (χ0v) is 13.1. The fraction of sp³-hybridized carbons (Fsp3) is 0.385. The number of anilines is 1. The number of carboxylic acids is 1. The van der Waals surface area contributed by atoms with Crippen molar-refractivity contribution >= 4 is 52.4 Å². The van der Waals surface area contributed by atoms with Gasteiger partial charge in [0.05, 0.1) is 22.3 Å². The van der Waals surface area contributed by atoms with E-state index in [2.05, 4.69) is 10.6 Å². The number of hydrogen-bond acceptors (Lipinski definition) is 3. The van der Waals surface area contributed by atoms with Crippen molar-refractivity contribution in [3.8, 4) is 0 Å². The molecule has 1 aromatic carbocycles. The minimum Gasteiger partial charge on any atom is -0.480 e. The van der Waals surface area contributed by atoms with E-state index in [1.807, 2.05) is 0 Å². The molecule has 1 aromatic rings. The average Bonchev–Trinajstić information content (AvgIpc) is 2.31. The minimum atomic E-state index is -0.995. The maximum absolute atomic E-state index is 11.9. The lowest BCUT2D eigenvalue weighted by Gasteiger charge is -2.38. The van der Waals surface area contributed by atoms with Gasteiger partial charge in [-0.05, 0) is 31.4 Å². The van der Waals surface area contributed by atoms with E-state index in [4.69, 9.17) is 39.9 Å². The summed E-state index contributed by atoms with van der Waals surface area (Å²) in [5.41, 5.74) is -0.738. The summed E-state index contributed by atoms with van der Waals surface area (Å²) in [5.74, 6) is -1.36. The van der Waals surface area contributed by atoms with E-state index in [-0.39, 0.29) is 22.3 Å². The highest BCUT2D eigenvalue weighted by molar-refractivity contribution is 6.42. The second kappa shape index (κ2) is 6.40. The molecule has 0 aromatic heterocycles. The first kappa shape index (κ1) is 16.4. The van der Waals surface area contributed by atoms with Gasteiger partial charge in [-0.25, -0.2) is 0 Å². The highest BCUT2D eigenvalue weighted by Gasteiger charge is 2.44. The van der Waals surface area contributed by atoms with E-state index < -0.39 is 17.4 Å². The number of nitrogens with one attached hydrogen (secondary N) is 2. The van der Waals surface area contributed by atoms with Crippen molar-refractivity contribution in [2.24, 2.45) is 0 Å². The van der Waals surface area contributed by atoms with Gasteiger partial charge in [-0.3, -0.25) is 14.9 Å². The van der Waals surface area contributed by atoms with Gasteiger partial charge in [0.25, 0.3) is 0 Å². The van der Waals surface area contributed by atoms with E-state index in [1.165, 1.54) is 12.1 Å². The van der Waals surface area contributed by atoms with Gasteiger partial charge in [0, 0.05) is 5.02 Å². The standard InChI is InChI=1S/C13H13Cl3N2O3/c14-7-4-8(15)11(9(16)5-7)18-10(19)6-17-13(12(20)21)2-1-3-13/h4-5,17H,1-3,6H2,(H,18,19)(H,20,21). The Kier molecular flexibility index (Phi) is 4.99. The van der Waals surface area contributed by atoms with Crippen LogP contribution in [0.2, 0.25) is 15.1 Å². The van der Waals surface area contributed by atoms with Crippen molar-refractivity contribution in [1.82, 2.24) is 5.32 Å². The molecule has 0 atom stereocenters. The fourth-order valence-electron chi connectivity index (χ4n) is 2.09. The molecular formula is C13H13Cl3N2O3. The topological polar surface area (TPSA) is 78.4 Å². The van der Waals surface area contributed by atoms with Crippen molar-refractivity contribution in [1.29, 1.82) is 0 Å². The van der Waals surface area contributed by atoms with Crippen molar-refractivity contribution < 1.29 is 14.7 Å². The van der Waals surface area contributed by atoms with Crippen LogP contribution < -0.4 is 10.6 Å². The summed E-state index contributed by atoms with van der Waals surface area (Å²) in [6.45, 7) is -0.137. The number of hydrogen-bond donors (Lipinski definition) is 3. The second-order valence-electron chi connectivity index (χ2n) is 4.89. The van der Waals surface area contributed by atoms with Crippen LogP contribution in [0.3, 0.4) is 0 Å². The summed E-state index contributed by atoms with van der Waals surface area (Å²) in [6, 6.07) is 2.92. The Morgan fingerprint density at radius 1 is 1.19 bits per heavy atom. The lowest BCUT2D eigenvalue weighted by atomic mass is 9.77. The number of amides is 1. The van der Waals surface area contributed by atoms with Crippen LogP contribution in [0.1, 0.15) is 19.3 Å². The van der Waals surface area contributed by atoms with Gasteiger partial charge in [-0.15, -0.1) is 0 Å². The molecule has 0 spiro atoms. The summed E-state index contributed by atoms with van der Waals surface area (Å²) in [4.78, 5) is 23.1. The van der Waals surface area contributed by atoms with Crippen LogP contribution in [0, 0.1) is 0 Å². The summed E-state index contributed by atoms with van der Waals surface area (Å²) in [5, 5.41) is 15.3. The van der Waals surface area contributed by atoms with Crippen molar-refractivity contribution in [3.63, 3.8) is 0 Å². The number of carboxylic acid groups (broad SMARTS) is 1. The third kappa shape index (κ3) is 3.61. The molecule has 114 valence electrons. The molecule has 8 heteroatoms. The zero-order chi connectivity index (χ0) is 15.6. The van der Waals surface area contributed by atoms with E-state index in [1.54, 1.807) is 0 Å². The molecular weight excluding hydrogens is 339 g/mol. The SMILES string of the molecule is O=C(CNC1(C(=O)O)CCC1)Nc1c(Cl)cc(Cl)cc1Cl. The van der Waals surface area contributed by atoms with Crippen molar-refractivity contribution in [3.05, 3.63) is 27.2 Å². The molecule has 0 aliphatic heterocycles. The summed E-state index contributed by atoms with van der Waals surface area (Å²) >= 11 is 17.7. The lowest BCUT2D eigenvalue weighted by molar-refractivity contribution is -0.148. The number of aliphatic carboxylic acids is 1. The average molecular weight is 352 g/mol. The lowest BCUT2D eigenvalue weighted by Crippen LogP contribution is -2.58. The van der Waals surface area contributed by atoms with Crippen LogP contribution in [0.25, 0.3) is 0 Å². The molecule has 5 nitrogen and oxygen atoms in total. The second-order valence-corrected chi connectivity index (χ2v) is 6.14. The first-order chi connectivity index (χ1) is 9.84. The van der Waals surface area contributed by atoms with Crippen molar-refractivity contribution in [2.75, 3.05) is 11.9 Å². The van der Waals surface area contributed by atoms with Gasteiger partial charge in [0.2, 0.25) is 5.91 Å². The molecule has 1 aliphatic carbocycles. The summed E-state index contributed by atoms with van der Waals surface area (Å²) in [6.07, 6.45) is 1.85. The molecule has 2 rings (SSSR count).